The summed E-state index contributed by atoms with van der Waals surface area (Å²) in [7, 11) is -3.96. The summed E-state index contributed by atoms with van der Waals surface area (Å²) in [4.78, 5) is 25.2. The van der Waals surface area contributed by atoms with Gasteiger partial charge in [-0.3, -0.25) is 9.59 Å². The molecule has 1 saturated heterocycles. The van der Waals surface area contributed by atoms with E-state index in [9.17, 15) is 22.4 Å². The van der Waals surface area contributed by atoms with Crippen molar-refractivity contribution in [1.29, 1.82) is 0 Å². The van der Waals surface area contributed by atoms with Crippen molar-refractivity contribution in [2.24, 2.45) is 0 Å². The topological polar surface area (TPSA) is 92.8 Å². The van der Waals surface area contributed by atoms with Crippen molar-refractivity contribution in [3.63, 3.8) is 0 Å². The maximum atomic E-state index is 12.8. The van der Waals surface area contributed by atoms with Crippen LogP contribution in [0.25, 0.3) is 0 Å². The highest BCUT2D eigenvalue weighted by Gasteiger charge is 2.26. The van der Waals surface area contributed by atoms with Crippen LogP contribution < -0.4 is 4.72 Å². The lowest BCUT2D eigenvalue weighted by atomic mass is 10.3. The Morgan fingerprint density at radius 2 is 1.83 bits per heavy atom. The van der Waals surface area contributed by atoms with E-state index >= 15 is 0 Å². The molecule has 0 spiro atoms. The first-order chi connectivity index (χ1) is 11.3. The number of benzene rings is 1. The molecule has 0 saturated carbocycles. The number of carbonyl (C=O) groups is 2. The van der Waals surface area contributed by atoms with Gasteiger partial charge in [0.25, 0.3) is 5.91 Å². The number of hydrogen-bond acceptors (Lipinski definition) is 5. The zero-order chi connectivity index (χ0) is 17.7. The molecule has 1 aliphatic heterocycles. The summed E-state index contributed by atoms with van der Waals surface area (Å²) in [6.45, 7) is 2.11. The van der Waals surface area contributed by atoms with E-state index in [4.69, 9.17) is 4.74 Å². The van der Waals surface area contributed by atoms with Gasteiger partial charge in [0.05, 0.1) is 4.90 Å². The van der Waals surface area contributed by atoms with Crippen molar-refractivity contribution >= 4 is 21.9 Å². The lowest BCUT2D eigenvalue weighted by Gasteiger charge is -2.20. The highest BCUT2D eigenvalue weighted by molar-refractivity contribution is 7.89. The van der Waals surface area contributed by atoms with Crippen molar-refractivity contribution in [2.75, 3.05) is 19.6 Å². The minimum atomic E-state index is -3.96. The van der Waals surface area contributed by atoms with E-state index in [1.165, 1.54) is 6.92 Å². The molecule has 1 fully saturated rings. The third-order valence-electron chi connectivity index (χ3n) is 3.60. The number of rotatable bonds is 6. The van der Waals surface area contributed by atoms with Gasteiger partial charge >= 0.3 is 5.97 Å². The van der Waals surface area contributed by atoms with Crippen molar-refractivity contribution in [3.8, 4) is 0 Å². The van der Waals surface area contributed by atoms with Gasteiger partial charge in [-0.1, -0.05) is 0 Å². The number of hydrogen-bond donors (Lipinski definition) is 1. The molecule has 7 nitrogen and oxygen atoms in total. The van der Waals surface area contributed by atoms with Gasteiger partial charge in [-0.15, -0.1) is 0 Å². The second-order valence-electron chi connectivity index (χ2n) is 5.44. The first-order valence-electron chi connectivity index (χ1n) is 7.53. The molecule has 24 heavy (non-hydrogen) atoms. The smallest absolute Gasteiger partial charge is 0.321 e. The molecule has 1 aromatic carbocycles. The number of ether oxygens (including phenoxy) is 1. The number of carbonyl (C=O) groups excluding carboxylic acids is 2. The Morgan fingerprint density at radius 1 is 1.25 bits per heavy atom. The molecule has 132 valence electrons. The molecule has 1 aromatic rings. The summed E-state index contributed by atoms with van der Waals surface area (Å²) in [5.74, 6) is -1.72. The molecule has 9 heteroatoms. The largest absolute Gasteiger partial charge is 0.452 e. The standard InChI is InChI=1S/C15H19FN2O5S/c1-11(15(20)18-8-2-3-9-18)23-14(19)10-17-24(21,22)13-6-4-12(16)5-7-13/h4-7,11,17H,2-3,8-10H2,1H3/t11-/m0/s1. The molecule has 0 unspecified atom stereocenters. The SMILES string of the molecule is C[C@H](OC(=O)CNS(=O)(=O)c1ccc(F)cc1)C(=O)N1CCCC1. The summed E-state index contributed by atoms with van der Waals surface area (Å²) in [6, 6.07) is 4.18. The van der Waals surface area contributed by atoms with E-state index < -0.39 is 34.5 Å². The van der Waals surface area contributed by atoms with Gasteiger partial charge in [0.2, 0.25) is 10.0 Å². The average Bonchev–Trinajstić information content (AvgIpc) is 3.07. The Bertz CT molecular complexity index is 699. The van der Waals surface area contributed by atoms with Gasteiger partial charge in [0.15, 0.2) is 6.10 Å². The minimum absolute atomic E-state index is 0.169. The van der Waals surface area contributed by atoms with Crippen molar-refractivity contribution in [1.82, 2.24) is 9.62 Å². The number of sulfonamides is 1. The van der Waals surface area contributed by atoms with Crippen LogP contribution in [0.3, 0.4) is 0 Å². The van der Waals surface area contributed by atoms with Crippen LogP contribution in [-0.2, 0) is 24.3 Å². The fourth-order valence-electron chi connectivity index (χ4n) is 2.33. The number of likely N-dealkylation sites (tertiary alicyclic amines) is 1. The Kier molecular flexibility index (Phi) is 5.89. The van der Waals surface area contributed by atoms with E-state index in [-0.39, 0.29) is 10.8 Å². The van der Waals surface area contributed by atoms with Gasteiger partial charge in [0.1, 0.15) is 12.4 Å². The maximum Gasteiger partial charge on any atom is 0.321 e. The second-order valence-corrected chi connectivity index (χ2v) is 7.21. The summed E-state index contributed by atoms with van der Waals surface area (Å²) in [5, 5.41) is 0. The van der Waals surface area contributed by atoms with Gasteiger partial charge < -0.3 is 9.64 Å². The van der Waals surface area contributed by atoms with Crippen LogP contribution in [0, 0.1) is 5.82 Å². The van der Waals surface area contributed by atoms with Crippen LogP contribution in [-0.4, -0.2) is 50.9 Å². The monoisotopic (exact) mass is 358 g/mol. The number of nitrogens with zero attached hydrogens (tertiary/aromatic N) is 1. The molecule has 0 aliphatic carbocycles. The molecular weight excluding hydrogens is 339 g/mol. The number of halogens is 1. The van der Waals surface area contributed by atoms with Crippen LogP contribution in [0.15, 0.2) is 29.2 Å². The number of nitrogens with one attached hydrogen (secondary N) is 1. The van der Waals surface area contributed by atoms with E-state index in [1.54, 1.807) is 4.90 Å². The number of esters is 1. The normalized spacial score (nSPS) is 16.0. The first kappa shape index (κ1) is 18.3. The van der Waals surface area contributed by atoms with E-state index in [0.29, 0.717) is 13.1 Å². The first-order valence-corrected chi connectivity index (χ1v) is 9.01. The predicted octanol–water partition coefficient (Wildman–Crippen LogP) is 0.658. The third kappa shape index (κ3) is 4.75. The molecule has 2 rings (SSSR count). The third-order valence-corrected chi connectivity index (χ3v) is 5.02. The molecule has 1 atom stereocenters. The van der Waals surface area contributed by atoms with E-state index in [1.807, 2.05) is 0 Å². The Balaban J connectivity index is 1.85. The lowest BCUT2D eigenvalue weighted by Crippen LogP contribution is -2.40. The summed E-state index contributed by atoms with van der Waals surface area (Å²) >= 11 is 0. The van der Waals surface area contributed by atoms with Crippen LogP contribution in [0.5, 0.6) is 0 Å². The van der Waals surface area contributed by atoms with Crippen LogP contribution in [0.1, 0.15) is 19.8 Å². The predicted molar refractivity (Wildman–Crippen MR) is 83.0 cm³/mol. The summed E-state index contributed by atoms with van der Waals surface area (Å²) in [6.07, 6.45) is 0.874. The lowest BCUT2D eigenvalue weighted by molar-refractivity contribution is -0.157. The van der Waals surface area contributed by atoms with Gasteiger partial charge in [-0.2, -0.15) is 4.72 Å². The van der Waals surface area contributed by atoms with E-state index in [0.717, 1.165) is 37.1 Å². The quantitative estimate of drug-likeness (QED) is 0.754. The fourth-order valence-corrected chi connectivity index (χ4v) is 3.30. The van der Waals surface area contributed by atoms with Crippen molar-refractivity contribution in [2.45, 2.75) is 30.8 Å². The van der Waals surface area contributed by atoms with E-state index in [2.05, 4.69) is 4.72 Å². The highest BCUT2D eigenvalue weighted by Crippen LogP contribution is 2.11. The highest BCUT2D eigenvalue weighted by atomic mass is 32.2. The van der Waals surface area contributed by atoms with Crippen LogP contribution in [0.2, 0.25) is 0 Å². The summed E-state index contributed by atoms with van der Waals surface area (Å²) < 4.78 is 43.7. The molecule has 1 heterocycles. The Morgan fingerprint density at radius 3 is 2.42 bits per heavy atom. The van der Waals surface area contributed by atoms with Crippen molar-refractivity contribution in [3.05, 3.63) is 30.1 Å². The van der Waals surface area contributed by atoms with Crippen molar-refractivity contribution < 1.29 is 27.1 Å². The van der Waals surface area contributed by atoms with Gasteiger partial charge in [-0.25, -0.2) is 12.8 Å². The molecular formula is C15H19FN2O5S. The molecule has 0 radical (unpaired) electrons. The molecule has 1 amide bonds. The second kappa shape index (κ2) is 7.71. The molecule has 1 N–H and O–H groups in total. The fraction of sp³-hybridized carbons (Fsp3) is 0.467. The van der Waals surface area contributed by atoms with Crippen LogP contribution in [0.4, 0.5) is 4.39 Å². The zero-order valence-electron chi connectivity index (χ0n) is 13.2. The molecule has 0 bridgehead atoms. The maximum absolute atomic E-state index is 12.8. The zero-order valence-corrected chi connectivity index (χ0v) is 14.0. The van der Waals surface area contributed by atoms with Gasteiger partial charge in [-0.05, 0) is 44.0 Å². The van der Waals surface area contributed by atoms with Gasteiger partial charge in [0, 0.05) is 13.1 Å². The Labute approximate surface area is 139 Å². The summed E-state index contributed by atoms with van der Waals surface area (Å²) in [5.41, 5.74) is 0. The Hall–Kier alpha value is -2.00. The average molecular weight is 358 g/mol. The minimum Gasteiger partial charge on any atom is -0.452 e. The number of amides is 1. The van der Waals surface area contributed by atoms with Crippen LogP contribution >= 0.6 is 0 Å². The molecule has 0 aromatic heterocycles. The molecule has 1 aliphatic rings.